The molecule has 1 atom stereocenters. The summed E-state index contributed by atoms with van der Waals surface area (Å²) in [5.74, 6) is -1.34. The largest absolute Gasteiger partial charge is 0.625 e. The summed E-state index contributed by atoms with van der Waals surface area (Å²) < 4.78 is 41.0. The number of aromatic carboxylic acids is 1. The first-order chi connectivity index (χ1) is 16.4. The lowest BCUT2D eigenvalue weighted by Crippen LogP contribution is -3.08. The van der Waals surface area contributed by atoms with E-state index in [1.807, 2.05) is 6.07 Å². The van der Waals surface area contributed by atoms with Gasteiger partial charge < -0.3 is 10.3 Å². The van der Waals surface area contributed by atoms with E-state index in [4.69, 9.17) is 5.26 Å². The van der Waals surface area contributed by atoms with Gasteiger partial charge in [0.15, 0.2) is 0 Å². The molecular weight excluding hydrogens is 467 g/mol. The molecule has 0 saturated carbocycles. The number of carboxylic acid groups (broad SMARTS) is 1. The molecule has 1 unspecified atom stereocenters. The number of hydrogen-bond donors (Lipinski definition) is 2. The van der Waals surface area contributed by atoms with Crippen LogP contribution >= 0.6 is 0 Å². The van der Waals surface area contributed by atoms with E-state index in [1.54, 1.807) is 0 Å². The van der Waals surface area contributed by atoms with Crippen LogP contribution in [0.1, 0.15) is 34.1 Å². The topological polar surface area (TPSA) is 127 Å². The van der Waals surface area contributed by atoms with Gasteiger partial charge in [-0.2, -0.15) is 23.5 Å². The van der Waals surface area contributed by atoms with Gasteiger partial charge in [0.2, 0.25) is 0 Å². The number of halogens is 3. The predicted molar refractivity (Wildman–Crippen MR) is 118 cm³/mol. The second-order valence-electron chi connectivity index (χ2n) is 7.35. The Morgan fingerprint density at radius 3 is 2.43 bits per heavy atom. The highest BCUT2D eigenvalue weighted by atomic mass is 19.4. The van der Waals surface area contributed by atoms with Crippen molar-refractivity contribution < 1.29 is 32.9 Å². The number of urea groups is 1. The molecule has 0 aliphatic carbocycles. The van der Waals surface area contributed by atoms with Gasteiger partial charge in [-0.3, -0.25) is 5.06 Å². The highest BCUT2D eigenvalue weighted by Gasteiger charge is 2.32. The van der Waals surface area contributed by atoms with Crippen LogP contribution in [0.5, 0.6) is 0 Å². The molecular formula is C23H18F3N5O4. The van der Waals surface area contributed by atoms with E-state index in [0.29, 0.717) is 17.3 Å². The van der Waals surface area contributed by atoms with Crippen LogP contribution in [-0.2, 0) is 6.18 Å². The maximum absolute atomic E-state index is 13.3. The molecule has 0 radical (unpaired) electrons. The van der Waals surface area contributed by atoms with Crippen molar-refractivity contribution in [2.45, 2.75) is 13.1 Å². The lowest BCUT2D eigenvalue weighted by molar-refractivity contribution is -0.732. The van der Waals surface area contributed by atoms with Gasteiger partial charge in [0.1, 0.15) is 5.56 Å². The first kappa shape index (κ1) is 25.2. The van der Waals surface area contributed by atoms with E-state index >= 15 is 0 Å². The van der Waals surface area contributed by atoms with E-state index in [9.17, 15) is 33.1 Å². The van der Waals surface area contributed by atoms with Gasteiger partial charge in [-0.1, -0.05) is 6.07 Å². The molecule has 1 heterocycles. The van der Waals surface area contributed by atoms with Crippen LogP contribution in [0.3, 0.4) is 0 Å². The Morgan fingerprint density at radius 2 is 1.89 bits per heavy atom. The fourth-order valence-electron chi connectivity index (χ4n) is 3.27. The number of quaternary nitrogens is 1. The van der Waals surface area contributed by atoms with Gasteiger partial charge in [-0.05, 0) is 55.5 Å². The first-order valence-corrected chi connectivity index (χ1v) is 9.96. The number of alkyl halides is 3. The molecule has 0 bridgehead atoms. The van der Waals surface area contributed by atoms with Crippen LogP contribution in [0.15, 0.2) is 60.4 Å². The molecule has 180 valence electrons. The quantitative estimate of drug-likeness (QED) is 0.533. The van der Waals surface area contributed by atoms with E-state index in [2.05, 4.69) is 5.10 Å². The fraction of sp³-hybridized carbons (Fsp3) is 0.130. The summed E-state index contributed by atoms with van der Waals surface area (Å²) in [6.45, 7) is 1.35. The van der Waals surface area contributed by atoms with Gasteiger partial charge in [-0.15, -0.1) is 0 Å². The predicted octanol–water partition coefficient (Wildman–Crippen LogP) is 3.46. The summed E-state index contributed by atoms with van der Waals surface area (Å²) in [5.41, 5.74) is -0.800. The number of rotatable bonds is 5. The molecule has 0 fully saturated rings. The van der Waals surface area contributed by atoms with Crippen LogP contribution < -0.4 is 9.96 Å². The minimum atomic E-state index is -4.69. The molecule has 0 saturated heterocycles. The van der Waals surface area contributed by atoms with E-state index < -0.39 is 28.8 Å². The molecule has 0 aliphatic heterocycles. The molecule has 0 aliphatic rings. The van der Waals surface area contributed by atoms with Gasteiger partial charge in [0.25, 0.3) is 0 Å². The number of nitrogens with zero attached hydrogens (tertiary/aromatic N) is 4. The number of hydroxylamine groups is 2. The Morgan fingerprint density at radius 1 is 1.23 bits per heavy atom. The zero-order chi connectivity index (χ0) is 25.9. The highest BCUT2D eigenvalue weighted by Crippen LogP contribution is 2.33. The lowest BCUT2D eigenvalue weighted by Gasteiger charge is -2.27. The van der Waals surface area contributed by atoms with Gasteiger partial charge in [0.05, 0.1) is 47.5 Å². The molecule has 3 aromatic rings. The molecule has 2 aromatic carbocycles. The molecule has 9 nitrogen and oxygen atoms in total. The lowest BCUT2D eigenvalue weighted by atomic mass is 10.1. The average molecular weight is 485 g/mol. The van der Waals surface area contributed by atoms with Crippen molar-refractivity contribution in [1.82, 2.24) is 9.78 Å². The number of carbonyl (C=O) groups excluding carboxylic acids is 1. The number of aromatic nitrogens is 2. The number of carboxylic acids is 1. The van der Waals surface area contributed by atoms with Gasteiger partial charge >= 0.3 is 18.2 Å². The number of benzene rings is 2. The van der Waals surface area contributed by atoms with Gasteiger partial charge in [-0.25, -0.2) is 19.2 Å². The number of allylic oxidation sites excluding steroid dienone is 1. The summed E-state index contributed by atoms with van der Waals surface area (Å²) in [6.07, 6.45) is -2.39. The molecule has 1 aromatic heterocycles. The number of carbonyl (C=O) groups is 2. The zero-order valence-corrected chi connectivity index (χ0v) is 18.4. The summed E-state index contributed by atoms with van der Waals surface area (Å²) in [4.78, 5) is 25.3. The number of anilines is 1. The molecule has 3 rings (SSSR count). The van der Waals surface area contributed by atoms with Crippen molar-refractivity contribution in [1.29, 1.82) is 5.26 Å². The zero-order valence-electron chi connectivity index (χ0n) is 18.4. The summed E-state index contributed by atoms with van der Waals surface area (Å²) >= 11 is 0. The highest BCUT2D eigenvalue weighted by molar-refractivity contribution is 5.94. The Bertz CT molecular complexity index is 1340. The van der Waals surface area contributed by atoms with Crippen LogP contribution in [0.25, 0.3) is 11.8 Å². The SMILES string of the molecule is C/C(=C\c1c(C(=O)O)cnn1-c1ccc(C#N)cc1)N(C(=O)[NH+](C)[O-])c1cccc(C(F)(F)F)c1. The van der Waals surface area contributed by atoms with Crippen molar-refractivity contribution in [2.75, 3.05) is 11.9 Å². The van der Waals surface area contributed by atoms with Crippen LogP contribution in [0.2, 0.25) is 0 Å². The molecule has 35 heavy (non-hydrogen) atoms. The molecule has 0 spiro atoms. The van der Waals surface area contributed by atoms with Crippen LogP contribution in [0, 0.1) is 16.5 Å². The Hall–Kier alpha value is -4.47. The molecule has 2 N–H and O–H groups in total. The third kappa shape index (κ3) is 5.37. The number of amides is 2. The molecule has 2 amide bonds. The summed E-state index contributed by atoms with van der Waals surface area (Å²) in [7, 11) is 0.972. The smallest absolute Gasteiger partial charge is 0.426 e. The molecule has 12 heteroatoms. The van der Waals surface area contributed by atoms with E-state index in [1.165, 1.54) is 48.0 Å². The Labute approximate surface area is 197 Å². The minimum Gasteiger partial charge on any atom is -0.625 e. The normalized spacial score (nSPS) is 12.7. The van der Waals surface area contributed by atoms with Crippen LogP contribution in [0.4, 0.5) is 23.7 Å². The Balaban J connectivity index is 2.19. The average Bonchev–Trinajstić information content (AvgIpc) is 3.22. The number of hydrogen-bond acceptors (Lipinski definition) is 5. The van der Waals surface area contributed by atoms with Crippen molar-refractivity contribution >= 4 is 23.8 Å². The summed E-state index contributed by atoms with van der Waals surface area (Å²) in [6, 6.07) is 10.7. The second kappa shape index (κ2) is 9.80. The maximum Gasteiger partial charge on any atom is 0.426 e. The van der Waals surface area contributed by atoms with Gasteiger partial charge in [0, 0.05) is 5.70 Å². The fourth-order valence-corrected chi connectivity index (χ4v) is 3.27. The van der Waals surface area contributed by atoms with Crippen molar-refractivity contribution in [3.05, 3.63) is 88.0 Å². The van der Waals surface area contributed by atoms with Crippen LogP contribution in [-0.4, -0.2) is 33.9 Å². The third-order valence-electron chi connectivity index (χ3n) is 4.91. The van der Waals surface area contributed by atoms with E-state index in [-0.39, 0.29) is 22.6 Å². The minimum absolute atomic E-state index is 0.00645. The second-order valence-corrected chi connectivity index (χ2v) is 7.35. The van der Waals surface area contributed by atoms with Crippen molar-refractivity contribution in [3.63, 3.8) is 0 Å². The standard InChI is InChI=1S/C23H18F3N5O4/c1-14(30(22(34)29(2)35)18-5-3-4-16(11-18)23(24,25)26)10-20-19(21(32)33)13-28-31(20)17-8-6-15(12-27)7-9-17/h3-11,13,29H,1-2H3,(H,32,33)/b14-10+. The van der Waals surface area contributed by atoms with Crippen molar-refractivity contribution in [3.8, 4) is 11.8 Å². The third-order valence-corrected chi connectivity index (χ3v) is 4.91. The number of nitrogens with one attached hydrogen (secondary N) is 1. The summed E-state index contributed by atoms with van der Waals surface area (Å²) in [5, 5.41) is 33.6. The number of nitriles is 1. The maximum atomic E-state index is 13.3. The first-order valence-electron chi connectivity index (χ1n) is 9.96. The Kier molecular flexibility index (Phi) is 7.04. The van der Waals surface area contributed by atoms with Crippen molar-refractivity contribution in [2.24, 2.45) is 0 Å². The van der Waals surface area contributed by atoms with E-state index in [0.717, 1.165) is 30.3 Å². The monoisotopic (exact) mass is 485 g/mol.